The highest BCUT2D eigenvalue weighted by atomic mass is 35.5. The Labute approximate surface area is 110 Å². The van der Waals surface area contributed by atoms with Crippen LogP contribution in [0.1, 0.15) is 6.42 Å². The summed E-state index contributed by atoms with van der Waals surface area (Å²) in [6.07, 6.45) is 0.326. The maximum absolute atomic E-state index is 13.1. The smallest absolute Gasteiger partial charge is 0.301 e. The summed E-state index contributed by atoms with van der Waals surface area (Å²) in [7, 11) is -2.39. The lowest BCUT2D eigenvalue weighted by Gasteiger charge is -2.17. The quantitative estimate of drug-likeness (QED) is 0.835. The Morgan fingerprint density at radius 2 is 2.17 bits per heavy atom. The second-order valence-corrected chi connectivity index (χ2v) is 5.82. The predicted molar refractivity (Wildman–Crippen MR) is 68.3 cm³/mol. The number of halogens is 2. The number of aliphatic hydroxyl groups is 1. The Hall–Kier alpha value is -0.890. The molecule has 0 radical (unpaired) electrons. The van der Waals surface area contributed by atoms with Gasteiger partial charge in [-0.2, -0.15) is 12.7 Å². The van der Waals surface area contributed by atoms with Gasteiger partial charge in [-0.15, -0.1) is 0 Å². The van der Waals surface area contributed by atoms with Crippen LogP contribution in [0.5, 0.6) is 0 Å². The minimum absolute atomic E-state index is 0.0772. The highest BCUT2D eigenvalue weighted by molar-refractivity contribution is 7.90. The zero-order valence-corrected chi connectivity index (χ0v) is 11.3. The van der Waals surface area contributed by atoms with E-state index in [1.165, 1.54) is 19.2 Å². The van der Waals surface area contributed by atoms with Crippen molar-refractivity contribution in [3.05, 3.63) is 29.0 Å². The van der Waals surface area contributed by atoms with Crippen LogP contribution in [0.2, 0.25) is 5.02 Å². The molecule has 0 saturated heterocycles. The van der Waals surface area contributed by atoms with Crippen molar-refractivity contribution in [1.29, 1.82) is 0 Å². The predicted octanol–water partition coefficient (Wildman–Crippen LogP) is 1.45. The van der Waals surface area contributed by atoms with Crippen LogP contribution in [0.4, 0.5) is 10.1 Å². The molecule has 1 aromatic carbocycles. The monoisotopic (exact) mass is 296 g/mol. The molecule has 0 heterocycles. The van der Waals surface area contributed by atoms with Gasteiger partial charge in [0.05, 0.1) is 10.7 Å². The van der Waals surface area contributed by atoms with E-state index in [-0.39, 0.29) is 23.9 Å². The van der Waals surface area contributed by atoms with Crippen LogP contribution in [-0.2, 0) is 10.2 Å². The third-order valence-electron chi connectivity index (χ3n) is 2.21. The van der Waals surface area contributed by atoms with E-state index in [0.717, 1.165) is 10.4 Å². The van der Waals surface area contributed by atoms with Crippen molar-refractivity contribution in [2.24, 2.45) is 0 Å². The SMILES string of the molecule is CN(CCCO)S(=O)(=O)Nc1ccc(Cl)c(F)c1. The standard InChI is InChI=1S/C10H14ClFN2O3S/c1-14(5-2-6-15)18(16,17)13-8-3-4-9(11)10(12)7-8/h3-4,7,13,15H,2,5-6H2,1H3. The van der Waals surface area contributed by atoms with Crippen molar-refractivity contribution in [3.63, 3.8) is 0 Å². The maximum atomic E-state index is 13.1. The van der Waals surface area contributed by atoms with E-state index in [0.29, 0.717) is 6.42 Å². The molecule has 8 heteroatoms. The number of anilines is 1. The van der Waals surface area contributed by atoms with E-state index in [1.54, 1.807) is 0 Å². The number of nitrogens with zero attached hydrogens (tertiary/aromatic N) is 1. The number of benzene rings is 1. The van der Waals surface area contributed by atoms with Gasteiger partial charge in [0.2, 0.25) is 0 Å². The summed E-state index contributed by atoms with van der Waals surface area (Å²) >= 11 is 5.49. The lowest BCUT2D eigenvalue weighted by Crippen LogP contribution is -2.33. The van der Waals surface area contributed by atoms with Gasteiger partial charge in [0.1, 0.15) is 5.82 Å². The molecule has 0 spiro atoms. The first-order valence-corrected chi connectivity index (χ1v) is 6.98. The number of nitrogens with one attached hydrogen (secondary N) is 1. The van der Waals surface area contributed by atoms with Gasteiger partial charge in [0.25, 0.3) is 0 Å². The summed E-state index contributed by atoms with van der Waals surface area (Å²) in [5.41, 5.74) is 0.0905. The van der Waals surface area contributed by atoms with Crippen LogP contribution in [0.25, 0.3) is 0 Å². The summed E-state index contributed by atoms with van der Waals surface area (Å²) in [4.78, 5) is 0. The molecule has 0 fully saturated rings. The Kier molecular flexibility index (Phi) is 5.33. The molecule has 0 unspecified atom stereocenters. The molecule has 1 rings (SSSR count). The second-order valence-electron chi connectivity index (χ2n) is 3.63. The van der Waals surface area contributed by atoms with E-state index in [9.17, 15) is 12.8 Å². The van der Waals surface area contributed by atoms with E-state index in [1.807, 2.05) is 0 Å². The molecular weight excluding hydrogens is 283 g/mol. The summed E-state index contributed by atoms with van der Waals surface area (Å²) in [5, 5.41) is 8.55. The van der Waals surface area contributed by atoms with Gasteiger partial charge >= 0.3 is 10.2 Å². The van der Waals surface area contributed by atoms with Gasteiger partial charge in [-0.1, -0.05) is 11.6 Å². The fourth-order valence-electron chi connectivity index (χ4n) is 1.20. The summed E-state index contributed by atoms with van der Waals surface area (Å²) in [6, 6.07) is 3.63. The molecular formula is C10H14ClFN2O3S. The normalized spacial score (nSPS) is 11.8. The van der Waals surface area contributed by atoms with Gasteiger partial charge in [-0.05, 0) is 24.6 Å². The number of rotatable bonds is 6. The first-order chi connectivity index (χ1) is 8.36. The Morgan fingerprint density at radius 3 is 2.72 bits per heavy atom. The lowest BCUT2D eigenvalue weighted by atomic mass is 10.3. The molecule has 0 aromatic heterocycles. The highest BCUT2D eigenvalue weighted by Gasteiger charge is 2.17. The minimum atomic E-state index is -3.75. The summed E-state index contributed by atoms with van der Waals surface area (Å²) < 4.78 is 40.0. The van der Waals surface area contributed by atoms with Crippen LogP contribution in [0, 0.1) is 5.82 Å². The Morgan fingerprint density at radius 1 is 1.50 bits per heavy atom. The summed E-state index contributed by atoms with van der Waals surface area (Å²) in [5.74, 6) is -0.699. The van der Waals surface area contributed by atoms with Crippen LogP contribution < -0.4 is 4.72 Å². The molecule has 0 bridgehead atoms. The molecule has 0 aliphatic rings. The van der Waals surface area contributed by atoms with Gasteiger partial charge in [-0.25, -0.2) is 4.39 Å². The lowest BCUT2D eigenvalue weighted by molar-refractivity contribution is 0.276. The van der Waals surface area contributed by atoms with Gasteiger partial charge in [0.15, 0.2) is 0 Å². The largest absolute Gasteiger partial charge is 0.396 e. The van der Waals surface area contributed by atoms with Gasteiger partial charge < -0.3 is 5.11 Å². The third kappa shape index (κ3) is 4.09. The topological polar surface area (TPSA) is 69.6 Å². The molecule has 102 valence electrons. The zero-order valence-electron chi connectivity index (χ0n) is 9.73. The van der Waals surface area contributed by atoms with Crippen molar-refractivity contribution in [3.8, 4) is 0 Å². The Bertz CT molecular complexity index is 510. The molecule has 5 nitrogen and oxygen atoms in total. The van der Waals surface area contributed by atoms with Crippen molar-refractivity contribution < 1.29 is 17.9 Å². The van der Waals surface area contributed by atoms with Crippen molar-refractivity contribution in [2.75, 3.05) is 24.9 Å². The van der Waals surface area contributed by atoms with E-state index < -0.39 is 16.0 Å². The number of hydrogen-bond donors (Lipinski definition) is 2. The van der Waals surface area contributed by atoms with E-state index in [4.69, 9.17) is 16.7 Å². The van der Waals surface area contributed by atoms with Gasteiger partial charge in [0, 0.05) is 20.2 Å². The second kappa shape index (κ2) is 6.33. The molecule has 0 amide bonds. The fourth-order valence-corrected chi connectivity index (χ4v) is 2.27. The number of hydrogen-bond acceptors (Lipinski definition) is 3. The summed E-state index contributed by atoms with van der Waals surface area (Å²) in [6.45, 7) is 0.0668. The molecule has 0 atom stereocenters. The molecule has 1 aromatic rings. The molecule has 2 N–H and O–H groups in total. The average Bonchev–Trinajstić information content (AvgIpc) is 2.30. The van der Waals surface area contributed by atoms with Crippen LogP contribution in [0.3, 0.4) is 0 Å². The number of aliphatic hydroxyl groups excluding tert-OH is 1. The zero-order chi connectivity index (χ0) is 13.8. The van der Waals surface area contributed by atoms with Crippen molar-refractivity contribution in [1.82, 2.24) is 4.31 Å². The van der Waals surface area contributed by atoms with Crippen molar-refractivity contribution >= 4 is 27.5 Å². The van der Waals surface area contributed by atoms with Crippen LogP contribution in [0.15, 0.2) is 18.2 Å². The van der Waals surface area contributed by atoms with Crippen molar-refractivity contribution in [2.45, 2.75) is 6.42 Å². The Balaban J connectivity index is 2.78. The first-order valence-electron chi connectivity index (χ1n) is 5.17. The molecule has 18 heavy (non-hydrogen) atoms. The molecule has 0 aliphatic carbocycles. The van der Waals surface area contributed by atoms with Crippen LogP contribution in [-0.4, -0.2) is 38.0 Å². The maximum Gasteiger partial charge on any atom is 0.301 e. The third-order valence-corrected chi connectivity index (χ3v) is 4.01. The minimum Gasteiger partial charge on any atom is -0.396 e. The van der Waals surface area contributed by atoms with Crippen LogP contribution >= 0.6 is 11.6 Å². The van der Waals surface area contributed by atoms with E-state index in [2.05, 4.69) is 4.72 Å². The fraction of sp³-hybridized carbons (Fsp3) is 0.400. The van der Waals surface area contributed by atoms with Gasteiger partial charge in [-0.3, -0.25) is 4.72 Å². The van der Waals surface area contributed by atoms with E-state index >= 15 is 0 Å². The average molecular weight is 297 g/mol. The highest BCUT2D eigenvalue weighted by Crippen LogP contribution is 2.19. The molecule has 0 aliphatic heterocycles. The molecule has 0 saturated carbocycles. The first kappa shape index (κ1) is 15.2.